The van der Waals surface area contributed by atoms with E-state index in [9.17, 15) is 8.78 Å². The van der Waals surface area contributed by atoms with Gasteiger partial charge in [0.2, 0.25) is 0 Å². The first-order chi connectivity index (χ1) is 12.7. The van der Waals surface area contributed by atoms with Crippen molar-refractivity contribution >= 4 is 11.1 Å². The van der Waals surface area contributed by atoms with Gasteiger partial charge in [0.1, 0.15) is 11.6 Å². The summed E-state index contributed by atoms with van der Waals surface area (Å²) in [6, 6.07) is 12.3. The van der Waals surface area contributed by atoms with Gasteiger partial charge in [0.25, 0.3) is 0 Å². The van der Waals surface area contributed by atoms with Crippen LogP contribution in [0.1, 0.15) is 61.6 Å². The van der Waals surface area contributed by atoms with Gasteiger partial charge in [0.15, 0.2) is 0 Å². The summed E-state index contributed by atoms with van der Waals surface area (Å²) in [5.41, 5.74) is 5.29. The van der Waals surface area contributed by atoms with Gasteiger partial charge in [-0.2, -0.15) is 0 Å². The zero-order valence-electron chi connectivity index (χ0n) is 15.1. The van der Waals surface area contributed by atoms with Crippen molar-refractivity contribution in [3.63, 3.8) is 0 Å². The lowest BCUT2D eigenvalue weighted by Crippen LogP contribution is -1.97. The second-order valence-electron chi connectivity index (χ2n) is 6.98. The molecular formula is C23H26F2O. The van der Waals surface area contributed by atoms with Crippen LogP contribution < -0.4 is 0 Å². The first-order valence-corrected chi connectivity index (χ1v) is 9.57. The summed E-state index contributed by atoms with van der Waals surface area (Å²) < 4.78 is 27.9. The van der Waals surface area contributed by atoms with Gasteiger partial charge in [0.05, 0.1) is 0 Å². The van der Waals surface area contributed by atoms with E-state index < -0.39 is 11.6 Å². The standard InChI is InChI=1S/C23H26F2O/c24-18-13-14-22(23(25)16-18)21-12-7-9-17-8-4-5-10-19(17)20(21)11-3-1-2-6-15-26/h4-5,8,10,13-14,16,26H,1-3,6-7,9,11-12,15H2. The van der Waals surface area contributed by atoms with Crippen LogP contribution >= 0.6 is 0 Å². The third-order valence-corrected chi connectivity index (χ3v) is 5.17. The predicted octanol–water partition coefficient (Wildman–Crippen LogP) is 6.15. The fourth-order valence-electron chi connectivity index (χ4n) is 3.89. The van der Waals surface area contributed by atoms with Crippen molar-refractivity contribution in [2.45, 2.75) is 51.4 Å². The first kappa shape index (κ1) is 18.8. The lowest BCUT2D eigenvalue weighted by molar-refractivity contribution is 0.282. The van der Waals surface area contributed by atoms with Gasteiger partial charge >= 0.3 is 0 Å². The molecule has 1 nitrogen and oxygen atoms in total. The normalized spacial score (nSPS) is 14.3. The SMILES string of the molecule is OCCCCCCC1=C(c2ccc(F)cc2F)CCCc2ccccc21. The van der Waals surface area contributed by atoms with Gasteiger partial charge in [-0.3, -0.25) is 0 Å². The van der Waals surface area contributed by atoms with Crippen LogP contribution in [0.25, 0.3) is 11.1 Å². The van der Waals surface area contributed by atoms with Crippen LogP contribution in [0, 0.1) is 11.6 Å². The molecule has 0 saturated heterocycles. The number of aliphatic hydroxyl groups excluding tert-OH is 1. The number of unbranched alkanes of at least 4 members (excludes halogenated alkanes) is 3. The Labute approximate surface area is 154 Å². The average molecular weight is 356 g/mol. The second-order valence-corrected chi connectivity index (χ2v) is 6.98. The number of halogens is 2. The molecule has 0 amide bonds. The van der Waals surface area contributed by atoms with E-state index in [2.05, 4.69) is 18.2 Å². The number of fused-ring (bicyclic) bond motifs is 1. The summed E-state index contributed by atoms with van der Waals surface area (Å²) in [6.07, 6.45) is 7.54. The maximum absolute atomic E-state index is 14.5. The minimum atomic E-state index is -0.536. The van der Waals surface area contributed by atoms with Gasteiger partial charge in [-0.05, 0) is 72.9 Å². The largest absolute Gasteiger partial charge is 0.396 e. The summed E-state index contributed by atoms with van der Waals surface area (Å²) in [5, 5.41) is 8.94. The van der Waals surface area contributed by atoms with E-state index in [-0.39, 0.29) is 6.61 Å². The quantitative estimate of drug-likeness (QED) is 0.590. The molecule has 2 aromatic rings. The highest BCUT2D eigenvalue weighted by atomic mass is 19.1. The molecule has 3 heteroatoms. The molecule has 26 heavy (non-hydrogen) atoms. The van der Waals surface area contributed by atoms with Gasteiger partial charge in [-0.15, -0.1) is 0 Å². The number of hydrogen-bond donors (Lipinski definition) is 1. The number of aryl methyl sites for hydroxylation is 1. The number of aliphatic hydroxyl groups is 1. The van der Waals surface area contributed by atoms with Crippen LogP contribution in [0.3, 0.4) is 0 Å². The third kappa shape index (κ3) is 4.39. The van der Waals surface area contributed by atoms with E-state index in [4.69, 9.17) is 5.11 Å². The van der Waals surface area contributed by atoms with E-state index >= 15 is 0 Å². The fourth-order valence-corrected chi connectivity index (χ4v) is 3.89. The summed E-state index contributed by atoms with van der Waals surface area (Å²) in [7, 11) is 0. The number of benzene rings is 2. The molecule has 1 aliphatic rings. The number of hydrogen-bond acceptors (Lipinski definition) is 1. The van der Waals surface area contributed by atoms with Crippen molar-refractivity contribution in [2.24, 2.45) is 0 Å². The average Bonchev–Trinajstić information content (AvgIpc) is 2.81. The Morgan fingerprint density at radius 2 is 1.65 bits per heavy atom. The van der Waals surface area contributed by atoms with Crippen LogP contribution in [0.15, 0.2) is 42.5 Å². The fraction of sp³-hybridized carbons (Fsp3) is 0.391. The maximum atomic E-state index is 14.5. The highest BCUT2D eigenvalue weighted by Gasteiger charge is 2.20. The minimum Gasteiger partial charge on any atom is -0.396 e. The van der Waals surface area contributed by atoms with E-state index in [1.54, 1.807) is 6.07 Å². The molecular weight excluding hydrogens is 330 g/mol. The molecule has 0 saturated carbocycles. The van der Waals surface area contributed by atoms with Crippen molar-refractivity contribution in [1.29, 1.82) is 0 Å². The Balaban J connectivity index is 1.98. The van der Waals surface area contributed by atoms with Crippen LogP contribution in [-0.2, 0) is 6.42 Å². The first-order valence-electron chi connectivity index (χ1n) is 9.57. The van der Waals surface area contributed by atoms with Gasteiger partial charge in [-0.25, -0.2) is 8.78 Å². The molecule has 2 aromatic carbocycles. The van der Waals surface area contributed by atoms with E-state index in [0.29, 0.717) is 5.56 Å². The molecule has 0 aromatic heterocycles. The molecule has 1 aliphatic carbocycles. The molecule has 138 valence electrons. The highest BCUT2D eigenvalue weighted by molar-refractivity contribution is 5.92. The lowest BCUT2D eigenvalue weighted by atomic mass is 9.89. The van der Waals surface area contributed by atoms with Crippen molar-refractivity contribution in [3.05, 3.63) is 70.8 Å². The Morgan fingerprint density at radius 1 is 0.846 bits per heavy atom. The lowest BCUT2D eigenvalue weighted by Gasteiger charge is -2.16. The maximum Gasteiger partial charge on any atom is 0.133 e. The van der Waals surface area contributed by atoms with E-state index in [1.807, 2.05) is 6.07 Å². The molecule has 0 spiro atoms. The molecule has 3 rings (SSSR count). The van der Waals surface area contributed by atoms with Crippen LogP contribution in [0.5, 0.6) is 0 Å². The molecule has 0 unspecified atom stereocenters. The number of rotatable bonds is 7. The predicted molar refractivity (Wildman–Crippen MR) is 103 cm³/mol. The smallest absolute Gasteiger partial charge is 0.133 e. The summed E-state index contributed by atoms with van der Waals surface area (Å²) in [6.45, 7) is 0.234. The third-order valence-electron chi connectivity index (χ3n) is 5.17. The van der Waals surface area contributed by atoms with Crippen molar-refractivity contribution in [3.8, 4) is 0 Å². The number of allylic oxidation sites excluding steroid dienone is 2. The Kier molecular flexibility index (Phi) is 6.56. The van der Waals surface area contributed by atoms with Crippen LogP contribution in [0.4, 0.5) is 8.78 Å². The Bertz CT molecular complexity index is 780. The molecule has 0 heterocycles. The van der Waals surface area contributed by atoms with Crippen LogP contribution in [0.2, 0.25) is 0 Å². The van der Waals surface area contributed by atoms with Gasteiger partial charge in [-0.1, -0.05) is 37.1 Å². The zero-order valence-corrected chi connectivity index (χ0v) is 15.1. The Hall–Kier alpha value is -2.00. The molecule has 0 atom stereocenters. The summed E-state index contributed by atoms with van der Waals surface area (Å²) >= 11 is 0. The summed E-state index contributed by atoms with van der Waals surface area (Å²) in [4.78, 5) is 0. The van der Waals surface area contributed by atoms with Crippen molar-refractivity contribution < 1.29 is 13.9 Å². The molecule has 0 radical (unpaired) electrons. The second kappa shape index (κ2) is 9.09. The monoisotopic (exact) mass is 356 g/mol. The summed E-state index contributed by atoms with van der Waals surface area (Å²) in [5.74, 6) is -1.01. The van der Waals surface area contributed by atoms with E-state index in [0.717, 1.165) is 63.0 Å². The van der Waals surface area contributed by atoms with Gasteiger partial charge < -0.3 is 5.11 Å². The molecule has 0 fully saturated rings. The van der Waals surface area contributed by atoms with Crippen LogP contribution in [-0.4, -0.2) is 11.7 Å². The van der Waals surface area contributed by atoms with Gasteiger partial charge in [0, 0.05) is 18.2 Å². The van der Waals surface area contributed by atoms with Crippen molar-refractivity contribution in [1.82, 2.24) is 0 Å². The topological polar surface area (TPSA) is 20.2 Å². The zero-order chi connectivity index (χ0) is 18.4. The highest BCUT2D eigenvalue weighted by Crippen LogP contribution is 2.39. The molecule has 0 aliphatic heterocycles. The Morgan fingerprint density at radius 3 is 2.46 bits per heavy atom. The minimum absolute atomic E-state index is 0.234. The molecule has 1 N–H and O–H groups in total. The van der Waals surface area contributed by atoms with Crippen molar-refractivity contribution in [2.75, 3.05) is 6.61 Å². The molecule has 0 bridgehead atoms. The van der Waals surface area contributed by atoms with E-state index in [1.165, 1.54) is 22.8 Å².